The summed E-state index contributed by atoms with van der Waals surface area (Å²) in [7, 11) is 0. The molecule has 0 spiro atoms. The van der Waals surface area contributed by atoms with E-state index in [2.05, 4.69) is 20.6 Å². The summed E-state index contributed by atoms with van der Waals surface area (Å²) in [6.45, 7) is 3.63. The Bertz CT molecular complexity index is 1110. The van der Waals surface area contributed by atoms with Crippen molar-refractivity contribution in [1.29, 1.82) is 0 Å². The normalized spacial score (nSPS) is 12.9. The summed E-state index contributed by atoms with van der Waals surface area (Å²) in [6, 6.07) is 12.4. The van der Waals surface area contributed by atoms with E-state index in [1.54, 1.807) is 30.3 Å². The highest BCUT2D eigenvalue weighted by molar-refractivity contribution is 7.00. The van der Waals surface area contributed by atoms with Gasteiger partial charge in [0, 0.05) is 23.4 Å². The first-order valence-corrected chi connectivity index (χ1v) is 9.54. The van der Waals surface area contributed by atoms with Crippen molar-refractivity contribution >= 4 is 51.9 Å². The molecule has 0 unspecified atom stereocenters. The van der Waals surface area contributed by atoms with E-state index in [1.807, 2.05) is 12.1 Å². The molecule has 2 amide bonds. The van der Waals surface area contributed by atoms with Crippen LogP contribution in [0.3, 0.4) is 0 Å². The van der Waals surface area contributed by atoms with Gasteiger partial charge in [-0.25, -0.2) is 0 Å². The lowest BCUT2D eigenvalue weighted by atomic mass is 10.1. The van der Waals surface area contributed by atoms with Crippen LogP contribution in [0.1, 0.15) is 22.3 Å². The van der Waals surface area contributed by atoms with E-state index in [1.165, 1.54) is 4.90 Å². The number of anilines is 1. The van der Waals surface area contributed by atoms with Gasteiger partial charge in [0.05, 0.1) is 23.8 Å². The first-order valence-electron chi connectivity index (χ1n) is 8.81. The van der Waals surface area contributed by atoms with Crippen molar-refractivity contribution in [1.82, 2.24) is 13.6 Å². The predicted molar refractivity (Wildman–Crippen MR) is 108 cm³/mol. The van der Waals surface area contributed by atoms with Gasteiger partial charge in [0.1, 0.15) is 11.0 Å². The van der Waals surface area contributed by atoms with E-state index in [0.717, 1.165) is 17.3 Å². The quantitative estimate of drug-likeness (QED) is 0.630. The number of hydrogen-bond acceptors (Lipinski definition) is 7. The third-order valence-corrected chi connectivity index (χ3v) is 5.05. The van der Waals surface area contributed by atoms with Gasteiger partial charge in [0.15, 0.2) is 6.61 Å². The number of hydrogen-bond donors (Lipinski definition) is 1. The summed E-state index contributed by atoms with van der Waals surface area (Å²) in [5.41, 5.74) is 3.66. The van der Waals surface area contributed by atoms with Gasteiger partial charge in [0.25, 0.3) is 11.8 Å². The number of carbonyl (C=O) groups excluding carboxylic acids is 3. The average molecular weight is 408 g/mol. The molecule has 4 rings (SSSR count). The van der Waals surface area contributed by atoms with Gasteiger partial charge < -0.3 is 15.0 Å². The Labute approximate surface area is 170 Å². The molecule has 0 saturated heterocycles. The molecule has 2 heterocycles. The third-order valence-electron chi connectivity index (χ3n) is 4.50. The first kappa shape index (κ1) is 18.8. The summed E-state index contributed by atoms with van der Waals surface area (Å²) in [5.74, 6) is -1.25. The van der Waals surface area contributed by atoms with Crippen molar-refractivity contribution in [3.05, 3.63) is 60.2 Å². The topological polar surface area (TPSA) is 101 Å². The fraction of sp³-hybridized carbons (Fsp3) is 0.150. The molecule has 3 aromatic rings. The van der Waals surface area contributed by atoms with Crippen LogP contribution in [0.2, 0.25) is 0 Å². The molecule has 8 nitrogen and oxygen atoms in total. The van der Waals surface area contributed by atoms with E-state index in [-0.39, 0.29) is 18.9 Å². The van der Waals surface area contributed by atoms with Crippen molar-refractivity contribution in [3.63, 3.8) is 0 Å². The van der Waals surface area contributed by atoms with E-state index in [0.29, 0.717) is 28.0 Å². The minimum absolute atomic E-state index is 0.0440. The highest BCUT2D eigenvalue weighted by atomic mass is 32.1. The van der Waals surface area contributed by atoms with Crippen LogP contribution in [0.15, 0.2) is 49.0 Å². The average Bonchev–Trinajstić information content (AvgIpc) is 3.30. The number of esters is 1. The molecule has 0 bridgehead atoms. The predicted octanol–water partition coefficient (Wildman–Crippen LogP) is 2.69. The second-order valence-electron chi connectivity index (χ2n) is 6.35. The minimum atomic E-state index is -0.578. The lowest BCUT2D eigenvalue weighted by Gasteiger charge is -2.16. The van der Waals surface area contributed by atoms with E-state index in [4.69, 9.17) is 4.74 Å². The van der Waals surface area contributed by atoms with Gasteiger partial charge in [0.2, 0.25) is 0 Å². The number of aromatic nitrogens is 2. The van der Waals surface area contributed by atoms with Gasteiger partial charge >= 0.3 is 5.97 Å². The van der Waals surface area contributed by atoms with Crippen LogP contribution in [0.5, 0.6) is 0 Å². The Morgan fingerprint density at radius 3 is 2.69 bits per heavy atom. The number of ether oxygens (including phenoxy) is 1. The molecule has 146 valence electrons. The fourth-order valence-electron chi connectivity index (χ4n) is 3.09. The van der Waals surface area contributed by atoms with Crippen LogP contribution in [0.4, 0.5) is 5.69 Å². The first-order chi connectivity index (χ1) is 14.0. The number of nitrogens with zero attached hydrogens (tertiary/aromatic N) is 3. The Morgan fingerprint density at radius 1 is 1.10 bits per heavy atom. The number of amides is 2. The van der Waals surface area contributed by atoms with Crippen molar-refractivity contribution in [2.75, 3.05) is 18.5 Å². The maximum absolute atomic E-state index is 12.4. The Balaban J connectivity index is 1.27. The number of nitrogens with one attached hydrogen (secondary N) is 1. The summed E-state index contributed by atoms with van der Waals surface area (Å²) >= 11 is 1.05. The largest absolute Gasteiger partial charge is 0.456 e. The molecule has 2 aromatic carbocycles. The molecule has 1 aliphatic heterocycles. The zero-order valence-electron chi connectivity index (χ0n) is 15.3. The molecule has 9 heteroatoms. The summed E-state index contributed by atoms with van der Waals surface area (Å²) in [6.07, 6.45) is -0.0440. The van der Waals surface area contributed by atoms with Crippen LogP contribution in [-0.4, -0.2) is 44.6 Å². The maximum atomic E-state index is 12.4. The fourth-order valence-corrected chi connectivity index (χ4v) is 3.64. The number of fused-ring (bicyclic) bond motifs is 2. The van der Waals surface area contributed by atoms with E-state index in [9.17, 15) is 14.4 Å². The lowest BCUT2D eigenvalue weighted by molar-refractivity contribution is -0.147. The molecule has 0 saturated carbocycles. The van der Waals surface area contributed by atoms with Crippen LogP contribution < -0.4 is 5.32 Å². The SMILES string of the molecule is C=C1c2ccccc2C(=O)N1CCC(=O)OCC(=O)Nc1cccc2nsnc12. The zero-order valence-corrected chi connectivity index (χ0v) is 16.1. The third kappa shape index (κ3) is 3.72. The second kappa shape index (κ2) is 7.80. The molecule has 29 heavy (non-hydrogen) atoms. The van der Waals surface area contributed by atoms with Gasteiger partial charge in [-0.2, -0.15) is 8.75 Å². The molecule has 1 aromatic heterocycles. The molecular formula is C20H16N4O4S. The summed E-state index contributed by atoms with van der Waals surface area (Å²) in [4.78, 5) is 38.0. The Hall–Kier alpha value is -3.59. The van der Waals surface area contributed by atoms with Gasteiger partial charge in [-0.05, 0) is 18.2 Å². The molecule has 1 N–H and O–H groups in total. The summed E-state index contributed by atoms with van der Waals surface area (Å²) < 4.78 is 13.3. The molecule has 1 aliphatic rings. The van der Waals surface area contributed by atoms with Gasteiger partial charge in [-0.3, -0.25) is 14.4 Å². The Morgan fingerprint density at radius 2 is 1.90 bits per heavy atom. The molecule has 0 aliphatic carbocycles. The maximum Gasteiger partial charge on any atom is 0.308 e. The monoisotopic (exact) mass is 408 g/mol. The van der Waals surface area contributed by atoms with Gasteiger partial charge in [-0.1, -0.05) is 30.8 Å². The van der Waals surface area contributed by atoms with Crippen molar-refractivity contribution in [2.24, 2.45) is 0 Å². The Kier molecular flexibility index (Phi) is 5.05. The molecule has 0 radical (unpaired) electrons. The van der Waals surface area contributed by atoms with E-state index >= 15 is 0 Å². The molecular weight excluding hydrogens is 392 g/mol. The van der Waals surface area contributed by atoms with E-state index < -0.39 is 18.5 Å². The van der Waals surface area contributed by atoms with Crippen molar-refractivity contribution in [2.45, 2.75) is 6.42 Å². The number of rotatable bonds is 6. The van der Waals surface area contributed by atoms with Crippen molar-refractivity contribution in [3.8, 4) is 0 Å². The molecule has 0 atom stereocenters. The summed E-state index contributed by atoms with van der Waals surface area (Å²) in [5, 5.41) is 2.66. The molecule has 0 fully saturated rings. The van der Waals surface area contributed by atoms with Gasteiger partial charge in [-0.15, -0.1) is 0 Å². The number of benzene rings is 2. The highest BCUT2D eigenvalue weighted by Gasteiger charge is 2.30. The minimum Gasteiger partial charge on any atom is -0.456 e. The van der Waals surface area contributed by atoms with Crippen LogP contribution in [-0.2, 0) is 14.3 Å². The zero-order chi connectivity index (χ0) is 20.4. The van der Waals surface area contributed by atoms with Crippen molar-refractivity contribution < 1.29 is 19.1 Å². The van der Waals surface area contributed by atoms with Crippen LogP contribution in [0.25, 0.3) is 16.7 Å². The van der Waals surface area contributed by atoms with Crippen LogP contribution >= 0.6 is 11.7 Å². The number of carbonyl (C=O) groups is 3. The standard InChI is InChI=1S/C20H16N4O4S/c1-12-13-5-2-3-6-14(13)20(27)24(12)10-9-18(26)28-11-17(25)21-15-7-4-8-16-19(15)23-29-22-16/h2-8H,1,9-11H2,(H,21,25). The second-order valence-corrected chi connectivity index (χ2v) is 6.87. The highest BCUT2D eigenvalue weighted by Crippen LogP contribution is 2.31. The van der Waals surface area contributed by atoms with Crippen LogP contribution in [0, 0.1) is 0 Å². The smallest absolute Gasteiger partial charge is 0.308 e. The lowest BCUT2D eigenvalue weighted by Crippen LogP contribution is -2.27.